The third-order valence-electron chi connectivity index (χ3n) is 4.28. The number of halogens is 1. The van der Waals surface area contributed by atoms with Gasteiger partial charge in [0.05, 0.1) is 0 Å². The summed E-state index contributed by atoms with van der Waals surface area (Å²) in [5, 5.41) is 0.743. The molecule has 0 saturated heterocycles. The summed E-state index contributed by atoms with van der Waals surface area (Å²) in [6.45, 7) is 0. The van der Waals surface area contributed by atoms with E-state index in [0.29, 0.717) is 12.5 Å². The van der Waals surface area contributed by atoms with Crippen molar-refractivity contribution in [2.24, 2.45) is 0 Å². The van der Waals surface area contributed by atoms with Crippen LogP contribution >= 0.6 is 11.6 Å². The fourth-order valence-electron chi connectivity index (χ4n) is 2.97. The van der Waals surface area contributed by atoms with Gasteiger partial charge >= 0.3 is 0 Å². The van der Waals surface area contributed by atoms with Crippen molar-refractivity contribution in [3.05, 3.63) is 34.9 Å². The van der Waals surface area contributed by atoms with Crippen molar-refractivity contribution in [2.75, 3.05) is 7.05 Å². The number of hydrogen-bond donors (Lipinski definition) is 0. The summed E-state index contributed by atoms with van der Waals surface area (Å²) in [4.78, 5) is 14.3. The van der Waals surface area contributed by atoms with Gasteiger partial charge in [-0.15, -0.1) is 0 Å². The maximum atomic E-state index is 12.3. The van der Waals surface area contributed by atoms with Gasteiger partial charge in [0, 0.05) is 24.5 Å². The Morgan fingerprint density at radius 1 is 1.25 bits per heavy atom. The Balaban J connectivity index is 1.84. The fraction of sp³-hybridized carbons (Fsp3) is 0.588. The van der Waals surface area contributed by atoms with Crippen molar-refractivity contribution < 1.29 is 4.79 Å². The Labute approximate surface area is 127 Å². The number of rotatable bonds is 4. The van der Waals surface area contributed by atoms with Crippen LogP contribution in [0.3, 0.4) is 0 Å². The highest BCUT2D eigenvalue weighted by Gasteiger charge is 2.20. The molecule has 3 heteroatoms. The first-order valence-electron chi connectivity index (χ1n) is 7.67. The first-order chi connectivity index (χ1) is 9.66. The molecule has 0 atom stereocenters. The van der Waals surface area contributed by atoms with E-state index in [0.717, 1.165) is 17.0 Å². The normalized spacial score (nSPS) is 16.7. The zero-order valence-electron chi connectivity index (χ0n) is 12.3. The van der Waals surface area contributed by atoms with E-state index in [1.165, 1.54) is 38.5 Å². The lowest BCUT2D eigenvalue weighted by Gasteiger charge is -2.27. The molecule has 0 spiro atoms. The molecule has 0 bridgehead atoms. The van der Waals surface area contributed by atoms with Crippen molar-refractivity contribution >= 4 is 17.5 Å². The molecular weight excluding hydrogens is 270 g/mol. The highest BCUT2D eigenvalue weighted by Crippen LogP contribution is 2.22. The van der Waals surface area contributed by atoms with Crippen molar-refractivity contribution in [2.45, 2.75) is 57.4 Å². The van der Waals surface area contributed by atoms with E-state index < -0.39 is 0 Å². The Morgan fingerprint density at radius 2 is 1.95 bits per heavy atom. The largest absolute Gasteiger partial charge is 0.343 e. The van der Waals surface area contributed by atoms with E-state index in [4.69, 9.17) is 11.6 Å². The van der Waals surface area contributed by atoms with E-state index in [1.807, 2.05) is 36.2 Å². The van der Waals surface area contributed by atoms with Gasteiger partial charge in [-0.25, -0.2) is 0 Å². The van der Waals surface area contributed by atoms with Crippen LogP contribution in [0.25, 0.3) is 0 Å². The van der Waals surface area contributed by atoms with Crippen LogP contribution in [0.5, 0.6) is 0 Å². The second-order valence-electron chi connectivity index (χ2n) is 5.78. The first-order valence-corrected chi connectivity index (χ1v) is 8.05. The fourth-order valence-corrected chi connectivity index (χ4v) is 3.18. The van der Waals surface area contributed by atoms with Crippen molar-refractivity contribution in [3.63, 3.8) is 0 Å². The van der Waals surface area contributed by atoms with Crippen LogP contribution in [-0.2, 0) is 11.2 Å². The van der Waals surface area contributed by atoms with Crippen molar-refractivity contribution in [1.82, 2.24) is 4.90 Å². The van der Waals surface area contributed by atoms with Crippen LogP contribution in [0.15, 0.2) is 24.3 Å². The molecule has 2 nitrogen and oxygen atoms in total. The molecule has 1 aromatic carbocycles. The topological polar surface area (TPSA) is 20.3 Å². The lowest BCUT2D eigenvalue weighted by atomic mass is 10.1. The van der Waals surface area contributed by atoms with Gasteiger partial charge in [-0.2, -0.15) is 0 Å². The third kappa shape index (κ3) is 4.52. The van der Waals surface area contributed by atoms with Gasteiger partial charge in [-0.1, -0.05) is 49.4 Å². The summed E-state index contributed by atoms with van der Waals surface area (Å²) in [6.07, 6.45) is 8.85. The monoisotopic (exact) mass is 293 g/mol. The molecule has 2 rings (SSSR count). The number of carbonyl (C=O) groups excluding carboxylic acids is 1. The number of nitrogens with zero attached hydrogens (tertiary/aromatic N) is 1. The molecule has 0 N–H and O–H groups in total. The van der Waals surface area contributed by atoms with Crippen molar-refractivity contribution in [1.29, 1.82) is 0 Å². The summed E-state index contributed by atoms with van der Waals surface area (Å²) in [7, 11) is 1.97. The molecule has 1 aliphatic rings. The molecule has 1 amide bonds. The smallest absolute Gasteiger partial charge is 0.222 e. The zero-order chi connectivity index (χ0) is 14.4. The minimum Gasteiger partial charge on any atom is -0.343 e. The number of amides is 1. The van der Waals surface area contributed by atoms with E-state index in [9.17, 15) is 4.79 Å². The summed E-state index contributed by atoms with van der Waals surface area (Å²) in [5.41, 5.74) is 1.14. The van der Waals surface area contributed by atoms with Crippen LogP contribution in [0, 0.1) is 0 Å². The maximum absolute atomic E-state index is 12.3. The van der Waals surface area contributed by atoms with Gasteiger partial charge in [0.25, 0.3) is 0 Å². The van der Waals surface area contributed by atoms with E-state index in [1.54, 1.807) is 0 Å². The molecule has 1 aliphatic carbocycles. The summed E-state index contributed by atoms with van der Waals surface area (Å²) >= 11 is 5.97. The molecule has 0 aromatic heterocycles. The molecule has 0 radical (unpaired) electrons. The molecule has 20 heavy (non-hydrogen) atoms. The predicted molar refractivity (Wildman–Crippen MR) is 84.0 cm³/mol. The molecule has 110 valence electrons. The molecule has 1 aromatic rings. The number of aryl methyl sites for hydroxylation is 1. The number of benzene rings is 1. The van der Waals surface area contributed by atoms with E-state index in [-0.39, 0.29) is 5.91 Å². The average molecular weight is 294 g/mol. The quantitative estimate of drug-likeness (QED) is 0.751. The minimum absolute atomic E-state index is 0.261. The van der Waals surface area contributed by atoms with Crippen LogP contribution in [0.2, 0.25) is 5.02 Å². The SMILES string of the molecule is CN(C(=O)CCc1cccc(Cl)c1)C1CCCCCC1. The first kappa shape index (κ1) is 15.4. The predicted octanol–water partition coefficient (Wildman–Crippen LogP) is 4.45. The summed E-state index contributed by atoms with van der Waals surface area (Å²) in [6, 6.07) is 8.23. The van der Waals surface area contributed by atoms with Gasteiger partial charge < -0.3 is 4.90 Å². The highest BCUT2D eigenvalue weighted by molar-refractivity contribution is 6.30. The van der Waals surface area contributed by atoms with Gasteiger partial charge in [0.15, 0.2) is 0 Å². The molecule has 1 saturated carbocycles. The Morgan fingerprint density at radius 3 is 2.60 bits per heavy atom. The second kappa shape index (κ2) is 7.68. The van der Waals surface area contributed by atoms with Crippen LogP contribution in [0.1, 0.15) is 50.5 Å². The molecule has 0 aliphatic heterocycles. The number of carbonyl (C=O) groups is 1. The number of hydrogen-bond acceptors (Lipinski definition) is 1. The maximum Gasteiger partial charge on any atom is 0.222 e. The Kier molecular flexibility index (Phi) is 5.90. The lowest BCUT2D eigenvalue weighted by molar-refractivity contribution is -0.132. The summed E-state index contributed by atoms with van der Waals surface area (Å²) < 4.78 is 0. The molecular formula is C17H24ClNO. The standard InChI is InChI=1S/C17H24ClNO/c1-19(16-9-4-2-3-5-10-16)17(20)12-11-14-7-6-8-15(18)13-14/h6-8,13,16H,2-5,9-12H2,1H3. The van der Waals surface area contributed by atoms with Crippen LogP contribution < -0.4 is 0 Å². The van der Waals surface area contributed by atoms with E-state index >= 15 is 0 Å². The third-order valence-corrected chi connectivity index (χ3v) is 4.52. The van der Waals surface area contributed by atoms with Gasteiger partial charge in [0.1, 0.15) is 0 Å². The Bertz CT molecular complexity index is 438. The van der Waals surface area contributed by atoms with E-state index in [2.05, 4.69) is 0 Å². The van der Waals surface area contributed by atoms with Gasteiger partial charge in [-0.05, 0) is 37.0 Å². The van der Waals surface area contributed by atoms with Crippen LogP contribution in [-0.4, -0.2) is 23.9 Å². The van der Waals surface area contributed by atoms with Crippen LogP contribution in [0.4, 0.5) is 0 Å². The van der Waals surface area contributed by atoms with Gasteiger partial charge in [0.2, 0.25) is 5.91 Å². The molecule has 1 fully saturated rings. The Hall–Kier alpha value is -1.02. The van der Waals surface area contributed by atoms with Gasteiger partial charge in [-0.3, -0.25) is 4.79 Å². The minimum atomic E-state index is 0.261. The highest BCUT2D eigenvalue weighted by atomic mass is 35.5. The molecule has 0 unspecified atom stereocenters. The van der Waals surface area contributed by atoms with Crippen molar-refractivity contribution in [3.8, 4) is 0 Å². The summed E-state index contributed by atoms with van der Waals surface area (Å²) in [5.74, 6) is 0.261. The lowest BCUT2D eigenvalue weighted by Crippen LogP contribution is -2.36. The molecule has 0 heterocycles. The average Bonchev–Trinajstić information content (AvgIpc) is 2.73. The second-order valence-corrected chi connectivity index (χ2v) is 6.22. The zero-order valence-corrected chi connectivity index (χ0v) is 13.0.